The number of hydrogen-bond donors (Lipinski definition) is 2. The third-order valence-electron chi connectivity index (χ3n) is 7.02. The van der Waals surface area contributed by atoms with Crippen molar-refractivity contribution >= 4 is 11.8 Å². The number of rotatable bonds is 5. The summed E-state index contributed by atoms with van der Waals surface area (Å²) in [6.45, 7) is 5.97. The van der Waals surface area contributed by atoms with E-state index in [0.29, 0.717) is 13.0 Å². The minimum atomic E-state index is 0.0418. The normalized spacial score (nSPS) is 26.9. The predicted molar refractivity (Wildman–Crippen MR) is 110 cm³/mol. The van der Waals surface area contributed by atoms with Gasteiger partial charge in [0, 0.05) is 57.6 Å². The lowest BCUT2D eigenvalue weighted by molar-refractivity contribution is -0.144. The predicted octanol–water partition coefficient (Wildman–Crippen LogP) is 1.71. The molecule has 1 aromatic heterocycles. The molecule has 0 radical (unpaired) electrons. The van der Waals surface area contributed by atoms with Crippen LogP contribution in [0, 0.1) is 11.3 Å². The summed E-state index contributed by atoms with van der Waals surface area (Å²) in [6, 6.07) is 4.20. The van der Waals surface area contributed by atoms with Crippen LogP contribution in [0.1, 0.15) is 51.0 Å². The zero-order valence-electron chi connectivity index (χ0n) is 17.4. The van der Waals surface area contributed by atoms with Crippen LogP contribution in [0.5, 0.6) is 0 Å². The molecular formula is C22H33N5O2. The summed E-state index contributed by atoms with van der Waals surface area (Å²) in [7, 11) is 0. The van der Waals surface area contributed by atoms with Gasteiger partial charge in [0.2, 0.25) is 11.8 Å². The molecule has 3 aliphatic rings. The molecule has 3 aliphatic heterocycles. The molecule has 0 bridgehead atoms. The van der Waals surface area contributed by atoms with Crippen LogP contribution in [0.25, 0.3) is 0 Å². The minimum absolute atomic E-state index is 0.0418. The molecule has 2 unspecified atom stereocenters. The van der Waals surface area contributed by atoms with E-state index in [2.05, 4.69) is 27.7 Å². The van der Waals surface area contributed by atoms with E-state index < -0.39 is 0 Å². The van der Waals surface area contributed by atoms with E-state index in [0.717, 1.165) is 63.8 Å². The lowest BCUT2D eigenvalue weighted by Gasteiger charge is -2.48. The van der Waals surface area contributed by atoms with Gasteiger partial charge in [-0.3, -0.25) is 25.4 Å². The number of pyridine rings is 1. The van der Waals surface area contributed by atoms with Gasteiger partial charge in [0.05, 0.1) is 5.92 Å². The van der Waals surface area contributed by atoms with Crippen molar-refractivity contribution in [2.45, 2.75) is 58.0 Å². The zero-order valence-corrected chi connectivity index (χ0v) is 17.4. The van der Waals surface area contributed by atoms with Crippen molar-refractivity contribution in [2.75, 3.05) is 26.2 Å². The van der Waals surface area contributed by atoms with Crippen molar-refractivity contribution in [1.29, 1.82) is 0 Å². The zero-order chi connectivity index (χ0) is 20.3. The maximum Gasteiger partial charge on any atom is 0.228 e. The van der Waals surface area contributed by atoms with Crippen molar-refractivity contribution in [3.8, 4) is 0 Å². The van der Waals surface area contributed by atoms with Gasteiger partial charge in [0.15, 0.2) is 0 Å². The van der Waals surface area contributed by atoms with Crippen LogP contribution in [0.2, 0.25) is 0 Å². The Kier molecular flexibility index (Phi) is 6.15. The molecule has 0 aromatic carbocycles. The maximum atomic E-state index is 13.1. The molecule has 7 heteroatoms. The van der Waals surface area contributed by atoms with Gasteiger partial charge in [-0.05, 0) is 48.8 Å². The van der Waals surface area contributed by atoms with Crippen molar-refractivity contribution in [3.63, 3.8) is 0 Å². The Morgan fingerprint density at radius 3 is 2.72 bits per heavy atom. The molecule has 7 nitrogen and oxygen atoms in total. The van der Waals surface area contributed by atoms with Gasteiger partial charge in [-0.25, -0.2) is 0 Å². The molecule has 4 rings (SSSR count). The molecule has 0 saturated carbocycles. The fourth-order valence-electron chi connectivity index (χ4n) is 5.19. The Morgan fingerprint density at radius 1 is 1.24 bits per heavy atom. The SMILES string of the molecule is CCCC1NNCC1C(=O)N1CCC2(CCC(=O)N(Cc3ccncc3)C2)CC1. The fraction of sp³-hybridized carbons (Fsp3) is 0.682. The number of piperidine rings is 2. The Labute approximate surface area is 173 Å². The molecule has 158 valence electrons. The molecule has 1 aromatic rings. The second kappa shape index (κ2) is 8.79. The third-order valence-corrected chi connectivity index (χ3v) is 7.02. The smallest absolute Gasteiger partial charge is 0.228 e. The van der Waals surface area contributed by atoms with Crippen molar-refractivity contribution in [2.24, 2.45) is 11.3 Å². The van der Waals surface area contributed by atoms with Gasteiger partial charge in [-0.2, -0.15) is 0 Å². The molecule has 29 heavy (non-hydrogen) atoms. The first-order valence-electron chi connectivity index (χ1n) is 11.0. The molecule has 3 saturated heterocycles. The summed E-state index contributed by atoms with van der Waals surface area (Å²) in [5, 5.41) is 0. The van der Waals surface area contributed by atoms with Crippen LogP contribution in [-0.2, 0) is 16.1 Å². The fourth-order valence-corrected chi connectivity index (χ4v) is 5.19. The van der Waals surface area contributed by atoms with E-state index in [1.54, 1.807) is 12.4 Å². The molecule has 3 fully saturated rings. The molecular weight excluding hydrogens is 366 g/mol. The van der Waals surface area contributed by atoms with E-state index in [-0.39, 0.29) is 29.2 Å². The molecule has 2 amide bonds. The van der Waals surface area contributed by atoms with Crippen LogP contribution in [0.15, 0.2) is 24.5 Å². The van der Waals surface area contributed by atoms with Gasteiger partial charge < -0.3 is 9.80 Å². The van der Waals surface area contributed by atoms with Crippen LogP contribution in [-0.4, -0.2) is 58.8 Å². The molecule has 1 spiro atoms. The monoisotopic (exact) mass is 399 g/mol. The van der Waals surface area contributed by atoms with Crippen molar-refractivity contribution < 1.29 is 9.59 Å². The Bertz CT molecular complexity index is 717. The number of nitrogens with one attached hydrogen (secondary N) is 2. The number of amides is 2. The van der Waals surface area contributed by atoms with E-state index in [1.165, 1.54) is 0 Å². The van der Waals surface area contributed by atoms with Gasteiger partial charge in [0.1, 0.15) is 0 Å². The van der Waals surface area contributed by atoms with Gasteiger partial charge in [0.25, 0.3) is 0 Å². The Balaban J connectivity index is 1.35. The Hall–Kier alpha value is -1.99. The summed E-state index contributed by atoms with van der Waals surface area (Å²) >= 11 is 0. The van der Waals surface area contributed by atoms with Crippen LogP contribution >= 0.6 is 0 Å². The highest BCUT2D eigenvalue weighted by Gasteiger charge is 2.43. The van der Waals surface area contributed by atoms with Gasteiger partial charge in [-0.1, -0.05) is 13.3 Å². The van der Waals surface area contributed by atoms with E-state index in [4.69, 9.17) is 0 Å². The van der Waals surface area contributed by atoms with Crippen molar-refractivity contribution in [1.82, 2.24) is 25.6 Å². The first-order chi connectivity index (χ1) is 14.1. The Morgan fingerprint density at radius 2 is 2.00 bits per heavy atom. The van der Waals surface area contributed by atoms with E-state index in [1.807, 2.05) is 17.0 Å². The summed E-state index contributed by atoms with van der Waals surface area (Å²) in [5.41, 5.74) is 7.73. The topological polar surface area (TPSA) is 77.6 Å². The highest BCUT2D eigenvalue weighted by molar-refractivity contribution is 5.80. The summed E-state index contributed by atoms with van der Waals surface area (Å²) in [4.78, 5) is 33.7. The number of hydrogen-bond acceptors (Lipinski definition) is 5. The number of likely N-dealkylation sites (tertiary alicyclic amines) is 2. The number of aromatic nitrogens is 1. The third kappa shape index (κ3) is 4.46. The number of hydrazine groups is 1. The summed E-state index contributed by atoms with van der Waals surface area (Å²) < 4.78 is 0. The largest absolute Gasteiger partial charge is 0.342 e. The van der Waals surface area contributed by atoms with Gasteiger partial charge >= 0.3 is 0 Å². The standard InChI is InChI=1S/C22H33N5O2/c1-2-3-19-18(14-24-25-19)21(29)26-12-8-22(9-13-26)7-4-20(28)27(16-22)15-17-5-10-23-11-6-17/h5-6,10-11,18-19,24-25H,2-4,7-9,12-16H2,1H3. The molecule has 0 aliphatic carbocycles. The van der Waals surface area contributed by atoms with Crippen LogP contribution < -0.4 is 10.9 Å². The molecule has 4 heterocycles. The number of carbonyl (C=O) groups excluding carboxylic acids is 2. The van der Waals surface area contributed by atoms with Gasteiger partial charge in [-0.15, -0.1) is 0 Å². The quantitative estimate of drug-likeness (QED) is 0.788. The molecule has 2 N–H and O–H groups in total. The first-order valence-corrected chi connectivity index (χ1v) is 11.0. The van der Waals surface area contributed by atoms with Crippen molar-refractivity contribution in [3.05, 3.63) is 30.1 Å². The van der Waals surface area contributed by atoms with Crippen LogP contribution in [0.4, 0.5) is 0 Å². The first kappa shape index (κ1) is 20.3. The second-order valence-corrected chi connectivity index (χ2v) is 8.96. The maximum absolute atomic E-state index is 13.1. The van der Waals surface area contributed by atoms with E-state index >= 15 is 0 Å². The average Bonchev–Trinajstić information content (AvgIpc) is 3.20. The summed E-state index contributed by atoms with van der Waals surface area (Å²) in [5.74, 6) is 0.577. The number of nitrogens with zero attached hydrogens (tertiary/aromatic N) is 3. The average molecular weight is 400 g/mol. The highest BCUT2D eigenvalue weighted by atomic mass is 16.2. The van der Waals surface area contributed by atoms with Crippen LogP contribution in [0.3, 0.4) is 0 Å². The minimum Gasteiger partial charge on any atom is -0.342 e. The second-order valence-electron chi connectivity index (χ2n) is 8.96. The number of carbonyl (C=O) groups is 2. The molecule has 2 atom stereocenters. The summed E-state index contributed by atoms with van der Waals surface area (Å²) in [6.07, 6.45) is 9.21. The van der Waals surface area contributed by atoms with E-state index in [9.17, 15) is 9.59 Å². The highest BCUT2D eigenvalue weighted by Crippen LogP contribution is 2.41. The lowest BCUT2D eigenvalue weighted by Crippen LogP contribution is -2.53. The lowest BCUT2D eigenvalue weighted by atomic mass is 9.72.